The van der Waals surface area contributed by atoms with Crippen LogP contribution in [0.4, 0.5) is 0 Å². The van der Waals surface area contributed by atoms with Gasteiger partial charge in [0.05, 0.1) is 6.42 Å². The van der Waals surface area contributed by atoms with Gasteiger partial charge in [-0.15, -0.1) is 0 Å². The van der Waals surface area contributed by atoms with Crippen molar-refractivity contribution in [2.45, 2.75) is 12.5 Å². The zero-order valence-electron chi connectivity index (χ0n) is 9.19. The van der Waals surface area contributed by atoms with Crippen LogP contribution < -0.4 is 5.32 Å². The van der Waals surface area contributed by atoms with Gasteiger partial charge >= 0.3 is 11.9 Å². The molecular formula is C11H11Cl2NO4. The number of rotatable bonds is 6. The monoisotopic (exact) mass is 291 g/mol. The van der Waals surface area contributed by atoms with E-state index in [0.29, 0.717) is 10.6 Å². The molecule has 5 nitrogen and oxygen atoms in total. The highest BCUT2D eigenvalue weighted by molar-refractivity contribution is 6.35. The Kier molecular flexibility index (Phi) is 5.40. The SMILES string of the molecule is O=C(O)CCNC(C(=O)O)c1ccc(Cl)cc1Cl. The van der Waals surface area contributed by atoms with E-state index in [-0.39, 0.29) is 18.0 Å². The number of carbonyl (C=O) groups is 2. The molecule has 0 aromatic heterocycles. The van der Waals surface area contributed by atoms with E-state index in [1.54, 1.807) is 0 Å². The van der Waals surface area contributed by atoms with Crippen molar-refractivity contribution in [3.05, 3.63) is 33.8 Å². The van der Waals surface area contributed by atoms with Crippen LogP contribution in [-0.4, -0.2) is 28.7 Å². The normalized spacial score (nSPS) is 12.1. The highest BCUT2D eigenvalue weighted by Gasteiger charge is 2.21. The van der Waals surface area contributed by atoms with Crippen molar-refractivity contribution in [3.8, 4) is 0 Å². The lowest BCUT2D eigenvalue weighted by molar-refractivity contribution is -0.141. The molecule has 0 aliphatic heterocycles. The Morgan fingerprint density at radius 1 is 1.28 bits per heavy atom. The minimum Gasteiger partial charge on any atom is -0.481 e. The molecule has 3 N–H and O–H groups in total. The van der Waals surface area contributed by atoms with Gasteiger partial charge in [-0.05, 0) is 17.7 Å². The molecule has 0 heterocycles. The number of halogens is 2. The molecule has 1 aromatic rings. The molecule has 18 heavy (non-hydrogen) atoms. The summed E-state index contributed by atoms with van der Waals surface area (Å²) >= 11 is 11.6. The molecule has 1 unspecified atom stereocenters. The van der Waals surface area contributed by atoms with E-state index in [1.165, 1.54) is 18.2 Å². The maximum atomic E-state index is 11.1. The van der Waals surface area contributed by atoms with E-state index in [2.05, 4.69) is 5.32 Å². The van der Waals surface area contributed by atoms with Crippen LogP contribution in [0.25, 0.3) is 0 Å². The second-order valence-corrected chi connectivity index (χ2v) is 4.38. The smallest absolute Gasteiger partial charge is 0.325 e. The molecule has 0 bridgehead atoms. The average Bonchev–Trinajstić information content (AvgIpc) is 2.25. The third kappa shape index (κ3) is 4.18. The molecule has 0 saturated heterocycles. The Balaban J connectivity index is 2.84. The summed E-state index contributed by atoms with van der Waals surface area (Å²) in [4.78, 5) is 21.5. The van der Waals surface area contributed by atoms with Gasteiger partial charge in [-0.25, -0.2) is 0 Å². The maximum absolute atomic E-state index is 11.1. The number of hydrogen-bond acceptors (Lipinski definition) is 3. The highest BCUT2D eigenvalue weighted by Crippen LogP contribution is 2.26. The van der Waals surface area contributed by atoms with Crippen molar-refractivity contribution >= 4 is 35.1 Å². The van der Waals surface area contributed by atoms with Crippen LogP contribution in [0.1, 0.15) is 18.0 Å². The van der Waals surface area contributed by atoms with Gasteiger partial charge in [-0.1, -0.05) is 29.3 Å². The minimum atomic E-state index is -1.13. The van der Waals surface area contributed by atoms with Crippen LogP contribution in [0.3, 0.4) is 0 Å². The third-order valence-electron chi connectivity index (χ3n) is 2.21. The average molecular weight is 292 g/mol. The first-order chi connectivity index (χ1) is 8.41. The largest absolute Gasteiger partial charge is 0.481 e. The molecule has 0 spiro atoms. The molecule has 0 aliphatic rings. The minimum absolute atomic E-state index is 0.0330. The Labute approximate surface area is 113 Å². The molecule has 0 aliphatic carbocycles. The third-order valence-corrected chi connectivity index (χ3v) is 2.77. The first kappa shape index (κ1) is 14.8. The fourth-order valence-electron chi connectivity index (χ4n) is 1.39. The fraction of sp³-hybridized carbons (Fsp3) is 0.273. The predicted molar refractivity (Wildman–Crippen MR) is 67.1 cm³/mol. The molecule has 1 aromatic carbocycles. The van der Waals surface area contributed by atoms with E-state index >= 15 is 0 Å². The number of aliphatic carboxylic acids is 2. The van der Waals surface area contributed by atoms with Crippen LogP contribution in [0.5, 0.6) is 0 Å². The van der Waals surface area contributed by atoms with Gasteiger partial charge < -0.3 is 15.5 Å². The van der Waals surface area contributed by atoms with Crippen molar-refractivity contribution in [1.29, 1.82) is 0 Å². The van der Waals surface area contributed by atoms with Crippen molar-refractivity contribution in [3.63, 3.8) is 0 Å². The zero-order valence-corrected chi connectivity index (χ0v) is 10.7. The van der Waals surface area contributed by atoms with Crippen molar-refractivity contribution in [2.75, 3.05) is 6.54 Å². The summed E-state index contributed by atoms with van der Waals surface area (Å²) in [6.45, 7) is 0.0330. The fourth-order valence-corrected chi connectivity index (χ4v) is 1.91. The summed E-state index contributed by atoms with van der Waals surface area (Å²) in [6, 6.07) is 3.40. The van der Waals surface area contributed by atoms with Crippen LogP contribution in [0.2, 0.25) is 10.0 Å². The molecule has 0 amide bonds. The topological polar surface area (TPSA) is 86.6 Å². The van der Waals surface area contributed by atoms with E-state index < -0.39 is 18.0 Å². The lowest BCUT2D eigenvalue weighted by Gasteiger charge is -2.15. The van der Waals surface area contributed by atoms with E-state index in [4.69, 9.17) is 33.4 Å². The van der Waals surface area contributed by atoms with E-state index in [9.17, 15) is 9.59 Å². The van der Waals surface area contributed by atoms with Gasteiger partial charge in [0.2, 0.25) is 0 Å². The summed E-state index contributed by atoms with van der Waals surface area (Å²) in [7, 11) is 0. The van der Waals surface area contributed by atoms with Gasteiger partial charge in [-0.3, -0.25) is 9.59 Å². The summed E-state index contributed by atoms with van der Waals surface area (Å²) in [6.07, 6.45) is -0.172. The van der Waals surface area contributed by atoms with Gasteiger partial charge in [-0.2, -0.15) is 0 Å². The van der Waals surface area contributed by atoms with Crippen LogP contribution in [0.15, 0.2) is 18.2 Å². The molecule has 1 rings (SSSR count). The van der Waals surface area contributed by atoms with Crippen LogP contribution in [-0.2, 0) is 9.59 Å². The van der Waals surface area contributed by atoms with Crippen molar-refractivity contribution in [2.24, 2.45) is 0 Å². The standard InChI is InChI=1S/C11H11Cl2NO4/c12-6-1-2-7(8(13)5-6)10(11(17)18)14-4-3-9(15)16/h1-2,5,10,14H,3-4H2,(H,15,16)(H,17,18). The predicted octanol–water partition coefficient (Wildman–Crippen LogP) is 2.18. The summed E-state index contributed by atoms with van der Waals surface area (Å²) in [5.74, 6) is -2.14. The van der Waals surface area contributed by atoms with Crippen LogP contribution >= 0.6 is 23.2 Å². The second kappa shape index (κ2) is 6.58. The Bertz CT molecular complexity index is 464. The molecular weight excluding hydrogens is 281 g/mol. The quantitative estimate of drug-likeness (QED) is 0.748. The molecule has 98 valence electrons. The highest BCUT2D eigenvalue weighted by atomic mass is 35.5. The first-order valence-electron chi connectivity index (χ1n) is 5.04. The summed E-state index contributed by atoms with van der Waals surface area (Å²) in [5.41, 5.74) is 0.346. The summed E-state index contributed by atoms with van der Waals surface area (Å²) in [5, 5.41) is 20.8. The van der Waals surface area contributed by atoms with E-state index in [0.717, 1.165) is 0 Å². The number of carboxylic acid groups (broad SMARTS) is 2. The number of carboxylic acids is 2. The van der Waals surface area contributed by atoms with Gasteiger partial charge in [0.15, 0.2) is 0 Å². The van der Waals surface area contributed by atoms with Gasteiger partial charge in [0, 0.05) is 16.6 Å². The Morgan fingerprint density at radius 3 is 2.44 bits per heavy atom. The zero-order chi connectivity index (χ0) is 13.7. The number of hydrogen-bond donors (Lipinski definition) is 3. The lowest BCUT2D eigenvalue weighted by atomic mass is 10.1. The first-order valence-corrected chi connectivity index (χ1v) is 5.80. The van der Waals surface area contributed by atoms with Gasteiger partial charge in [0.25, 0.3) is 0 Å². The Morgan fingerprint density at radius 2 is 1.94 bits per heavy atom. The molecule has 1 atom stereocenters. The Hall–Kier alpha value is -1.30. The van der Waals surface area contributed by atoms with Gasteiger partial charge in [0.1, 0.15) is 6.04 Å². The van der Waals surface area contributed by atoms with Crippen molar-refractivity contribution in [1.82, 2.24) is 5.32 Å². The summed E-state index contributed by atoms with van der Waals surface area (Å²) < 4.78 is 0. The molecule has 0 saturated carbocycles. The molecule has 0 radical (unpaired) electrons. The second-order valence-electron chi connectivity index (χ2n) is 3.53. The maximum Gasteiger partial charge on any atom is 0.325 e. The molecule has 7 heteroatoms. The number of benzene rings is 1. The molecule has 0 fully saturated rings. The lowest BCUT2D eigenvalue weighted by Crippen LogP contribution is -2.30. The van der Waals surface area contributed by atoms with E-state index in [1.807, 2.05) is 0 Å². The van der Waals surface area contributed by atoms with Crippen LogP contribution in [0, 0.1) is 0 Å². The van der Waals surface area contributed by atoms with Crippen molar-refractivity contribution < 1.29 is 19.8 Å². The number of nitrogens with one attached hydrogen (secondary N) is 1.